The molecule has 2 atom stereocenters. The van der Waals surface area contributed by atoms with E-state index in [1.165, 1.54) is 15.9 Å². The fourth-order valence-electron chi connectivity index (χ4n) is 2.93. The van der Waals surface area contributed by atoms with E-state index in [9.17, 15) is 0 Å². The monoisotopic (exact) mass is 366 g/mol. The lowest BCUT2D eigenvalue weighted by molar-refractivity contribution is 0.753. The van der Waals surface area contributed by atoms with E-state index in [-0.39, 0.29) is 5.78 Å². The lowest BCUT2D eigenvalue weighted by Gasteiger charge is -2.27. The summed E-state index contributed by atoms with van der Waals surface area (Å²) in [5.41, 5.74) is 0. The highest BCUT2D eigenvalue weighted by molar-refractivity contribution is 7.87. The normalized spacial score (nSPS) is 12.6. The first-order valence-electron chi connectivity index (χ1n) is 8.45. The van der Waals surface area contributed by atoms with Crippen molar-refractivity contribution in [1.29, 1.82) is 0 Å². The Morgan fingerprint density at radius 1 is 0.760 bits per heavy atom. The van der Waals surface area contributed by atoms with Gasteiger partial charge < -0.3 is 5.32 Å². The number of nitrogens with zero attached hydrogens (tertiary/aromatic N) is 1. The molecule has 0 aromatic heterocycles. The van der Waals surface area contributed by atoms with E-state index in [0.29, 0.717) is 0 Å². The van der Waals surface area contributed by atoms with Gasteiger partial charge in [-0.1, -0.05) is 91.0 Å². The SMILES string of the molecule is CNC(P)CN=P(c1ccccc1)(c1ccccc1)c1ccccc1. The van der Waals surface area contributed by atoms with E-state index in [4.69, 9.17) is 4.74 Å². The molecule has 2 nitrogen and oxygen atoms in total. The van der Waals surface area contributed by atoms with Crippen molar-refractivity contribution in [2.75, 3.05) is 13.6 Å². The minimum Gasteiger partial charge on any atom is -0.312 e. The van der Waals surface area contributed by atoms with Crippen molar-refractivity contribution in [3.05, 3.63) is 91.0 Å². The van der Waals surface area contributed by atoms with Gasteiger partial charge in [-0.05, 0) is 7.05 Å². The molecule has 0 bridgehead atoms. The molecule has 0 aliphatic heterocycles. The van der Waals surface area contributed by atoms with E-state index in [0.717, 1.165) is 6.54 Å². The van der Waals surface area contributed by atoms with E-state index in [1.54, 1.807) is 0 Å². The van der Waals surface area contributed by atoms with E-state index >= 15 is 0 Å². The molecule has 0 saturated carbocycles. The lowest BCUT2D eigenvalue weighted by atomic mass is 10.4. The fourth-order valence-corrected chi connectivity index (χ4v) is 6.82. The molecular weight excluding hydrogens is 342 g/mol. The highest BCUT2D eigenvalue weighted by Gasteiger charge is 2.26. The molecule has 0 fully saturated rings. The van der Waals surface area contributed by atoms with Gasteiger partial charge in [0.05, 0.1) is 13.6 Å². The second kappa shape index (κ2) is 8.59. The van der Waals surface area contributed by atoms with E-state index < -0.39 is 7.05 Å². The van der Waals surface area contributed by atoms with Crippen molar-refractivity contribution in [1.82, 2.24) is 5.32 Å². The van der Waals surface area contributed by atoms with Crippen LogP contribution in [-0.2, 0) is 0 Å². The maximum absolute atomic E-state index is 5.36. The zero-order valence-corrected chi connectivity index (χ0v) is 16.5. The number of nitrogens with one attached hydrogen (secondary N) is 1. The summed E-state index contributed by atoms with van der Waals surface area (Å²) >= 11 is 0. The molecule has 0 aliphatic carbocycles. The lowest BCUT2D eigenvalue weighted by Crippen LogP contribution is -2.27. The Labute approximate surface area is 153 Å². The maximum atomic E-state index is 5.36. The van der Waals surface area contributed by atoms with Crippen LogP contribution in [0.2, 0.25) is 0 Å². The summed E-state index contributed by atoms with van der Waals surface area (Å²) in [7, 11) is 2.76. The summed E-state index contributed by atoms with van der Waals surface area (Å²) in [6.07, 6.45) is 0. The van der Waals surface area contributed by atoms with Crippen LogP contribution in [0.3, 0.4) is 0 Å². The molecule has 128 valence electrons. The first-order valence-corrected chi connectivity index (χ1v) is 10.9. The molecule has 2 unspecified atom stereocenters. The van der Waals surface area contributed by atoms with Crippen LogP contribution in [0.5, 0.6) is 0 Å². The Kier molecular flexibility index (Phi) is 6.21. The molecule has 25 heavy (non-hydrogen) atoms. The Morgan fingerprint density at radius 2 is 1.12 bits per heavy atom. The number of hydrogen-bond donors (Lipinski definition) is 1. The Hall–Kier alpha value is -1.72. The van der Waals surface area contributed by atoms with Crippen molar-refractivity contribution >= 4 is 32.2 Å². The van der Waals surface area contributed by atoms with Crippen LogP contribution in [0.4, 0.5) is 0 Å². The third-order valence-corrected chi connectivity index (χ3v) is 8.52. The molecule has 0 heterocycles. The van der Waals surface area contributed by atoms with Gasteiger partial charge in [0.15, 0.2) is 0 Å². The van der Waals surface area contributed by atoms with Crippen LogP contribution in [0.15, 0.2) is 95.7 Å². The first-order chi connectivity index (χ1) is 12.3. The fraction of sp³-hybridized carbons (Fsp3) is 0.143. The van der Waals surface area contributed by atoms with Gasteiger partial charge in [0.1, 0.15) is 0 Å². The second-order valence-electron chi connectivity index (χ2n) is 5.86. The van der Waals surface area contributed by atoms with Gasteiger partial charge in [0.25, 0.3) is 0 Å². The third-order valence-electron chi connectivity index (χ3n) is 4.25. The number of benzene rings is 3. The van der Waals surface area contributed by atoms with Crippen molar-refractivity contribution in [3.63, 3.8) is 0 Å². The zero-order chi connectivity index (χ0) is 17.5. The van der Waals surface area contributed by atoms with Crippen molar-refractivity contribution < 1.29 is 0 Å². The summed E-state index contributed by atoms with van der Waals surface area (Å²) in [6, 6.07) is 32.2. The van der Waals surface area contributed by atoms with E-state index in [2.05, 4.69) is 106 Å². The van der Waals surface area contributed by atoms with Crippen LogP contribution in [0, 0.1) is 0 Å². The van der Waals surface area contributed by atoms with Crippen molar-refractivity contribution in [3.8, 4) is 0 Å². The predicted octanol–water partition coefficient (Wildman–Crippen LogP) is 3.58. The van der Waals surface area contributed by atoms with Gasteiger partial charge in [-0.2, -0.15) is 0 Å². The van der Waals surface area contributed by atoms with E-state index in [1.807, 2.05) is 7.05 Å². The first kappa shape index (κ1) is 18.1. The molecule has 0 saturated heterocycles. The van der Waals surface area contributed by atoms with Gasteiger partial charge in [-0.3, -0.25) is 4.74 Å². The Morgan fingerprint density at radius 3 is 1.44 bits per heavy atom. The van der Waals surface area contributed by atoms with Crippen LogP contribution in [0.25, 0.3) is 0 Å². The van der Waals surface area contributed by atoms with Crippen molar-refractivity contribution in [2.45, 2.75) is 5.78 Å². The minimum atomic E-state index is -2.05. The number of rotatable bonds is 6. The topological polar surface area (TPSA) is 24.4 Å². The largest absolute Gasteiger partial charge is 0.312 e. The number of likely N-dealkylation sites (N-methyl/N-ethyl adjacent to an activating group) is 1. The van der Waals surface area contributed by atoms with Crippen LogP contribution < -0.4 is 21.2 Å². The Bertz CT molecular complexity index is 730. The molecule has 1 N–H and O–H groups in total. The molecule has 3 aromatic rings. The quantitative estimate of drug-likeness (QED) is 0.663. The van der Waals surface area contributed by atoms with Gasteiger partial charge >= 0.3 is 0 Å². The van der Waals surface area contributed by atoms with Crippen LogP contribution in [0.1, 0.15) is 0 Å². The summed E-state index contributed by atoms with van der Waals surface area (Å²) in [6.45, 7) is 0.744. The molecular formula is C21H24N2P2. The molecule has 4 heteroatoms. The summed E-state index contributed by atoms with van der Waals surface area (Å²) in [4.78, 5) is 0. The van der Waals surface area contributed by atoms with Crippen LogP contribution in [-0.4, -0.2) is 19.4 Å². The molecule has 0 spiro atoms. The summed E-state index contributed by atoms with van der Waals surface area (Å²) in [5, 5.41) is 7.16. The van der Waals surface area contributed by atoms with Gasteiger partial charge in [-0.15, -0.1) is 9.24 Å². The molecule has 3 rings (SSSR count). The van der Waals surface area contributed by atoms with Gasteiger partial charge in [0, 0.05) is 21.7 Å². The molecule has 0 amide bonds. The highest BCUT2D eigenvalue weighted by Crippen LogP contribution is 2.46. The predicted molar refractivity (Wildman–Crippen MR) is 115 cm³/mol. The van der Waals surface area contributed by atoms with Gasteiger partial charge in [0.2, 0.25) is 0 Å². The maximum Gasteiger partial charge on any atom is 0.0574 e. The standard InChI is InChI=1S/C21H24N2P2/c1-22-21(24)17-23-25(18-11-5-2-6-12-18,19-13-7-3-8-14-19)20-15-9-4-10-16-20/h2-16,21-22H,17,24H2,1H3. The molecule has 3 aromatic carbocycles. The highest BCUT2D eigenvalue weighted by atomic mass is 31.2. The molecule has 0 aliphatic rings. The van der Waals surface area contributed by atoms with Gasteiger partial charge in [-0.25, -0.2) is 0 Å². The summed E-state index contributed by atoms with van der Waals surface area (Å²) < 4.78 is 5.36. The van der Waals surface area contributed by atoms with Crippen molar-refractivity contribution in [2.24, 2.45) is 4.74 Å². The second-order valence-corrected chi connectivity index (χ2v) is 9.77. The minimum absolute atomic E-state index is 0.260. The molecule has 0 radical (unpaired) electrons. The third kappa shape index (κ3) is 3.93. The average molecular weight is 366 g/mol. The number of hydrogen-bond acceptors (Lipinski definition) is 2. The zero-order valence-electron chi connectivity index (χ0n) is 14.4. The Balaban J connectivity index is 2.32. The average Bonchev–Trinajstić information content (AvgIpc) is 2.71. The van der Waals surface area contributed by atoms with Crippen LogP contribution >= 0.6 is 16.3 Å². The smallest absolute Gasteiger partial charge is 0.0574 e. The summed E-state index contributed by atoms with van der Waals surface area (Å²) in [5.74, 6) is 0.260.